The van der Waals surface area contributed by atoms with Crippen molar-refractivity contribution in [2.24, 2.45) is 5.92 Å². The Morgan fingerprint density at radius 1 is 1.16 bits per heavy atom. The first-order valence-corrected chi connectivity index (χ1v) is 10.8. The number of carbonyl (C=O) groups excluding carboxylic acids is 3. The number of nitrogens with zero attached hydrogens (tertiary/aromatic N) is 6. The number of nitrogens with one attached hydrogen (secondary N) is 1. The fraction of sp³-hybridized carbons (Fsp3) is 0.455. The lowest BCUT2D eigenvalue weighted by Gasteiger charge is -2.29. The third kappa shape index (κ3) is 3.76. The molecule has 2 aromatic rings. The molecule has 3 aliphatic heterocycles. The molecule has 164 valence electrons. The summed E-state index contributed by atoms with van der Waals surface area (Å²) in [5.41, 5.74) is 3.04. The standard InChI is InChI=1S/C22H23N7O3/c23-10-14-5-7-27(8-6-14)12-16-13-29(26-25-16)17-1-2-18-15(9-17)11-28(22(18)32)19-3-4-20(30)24-21(19)31/h1-2,9,13-14,19H,3-8,11-12H2,(H,24,30,31). The van der Waals surface area contributed by atoms with Crippen molar-refractivity contribution < 1.29 is 14.4 Å². The largest absolute Gasteiger partial charge is 0.322 e. The second kappa shape index (κ2) is 8.16. The molecule has 1 aromatic carbocycles. The molecule has 0 saturated carbocycles. The first-order valence-electron chi connectivity index (χ1n) is 10.8. The van der Waals surface area contributed by atoms with E-state index in [1.165, 1.54) is 4.90 Å². The molecule has 0 aliphatic carbocycles. The van der Waals surface area contributed by atoms with Gasteiger partial charge in [-0.1, -0.05) is 5.21 Å². The third-order valence-corrected chi connectivity index (χ3v) is 6.47. The highest BCUT2D eigenvalue weighted by molar-refractivity contribution is 6.05. The Morgan fingerprint density at radius 3 is 2.72 bits per heavy atom. The summed E-state index contributed by atoms with van der Waals surface area (Å²) < 4.78 is 1.69. The van der Waals surface area contributed by atoms with Gasteiger partial charge in [0.15, 0.2) is 0 Å². The Morgan fingerprint density at radius 2 is 1.97 bits per heavy atom. The lowest BCUT2D eigenvalue weighted by atomic mass is 9.99. The van der Waals surface area contributed by atoms with E-state index in [1.807, 2.05) is 18.3 Å². The van der Waals surface area contributed by atoms with Gasteiger partial charge in [0.05, 0.1) is 23.6 Å². The molecule has 3 aliphatic rings. The number of likely N-dealkylation sites (tertiary alicyclic amines) is 1. The molecule has 4 heterocycles. The molecule has 1 aromatic heterocycles. The van der Waals surface area contributed by atoms with Crippen molar-refractivity contribution in [3.63, 3.8) is 0 Å². The summed E-state index contributed by atoms with van der Waals surface area (Å²) in [5.74, 6) is -0.756. The molecule has 1 N–H and O–H groups in total. The van der Waals surface area contributed by atoms with Crippen LogP contribution in [0.25, 0.3) is 5.69 Å². The Kier molecular flexibility index (Phi) is 5.19. The maximum atomic E-state index is 12.8. The van der Waals surface area contributed by atoms with E-state index in [-0.39, 0.29) is 24.2 Å². The van der Waals surface area contributed by atoms with Gasteiger partial charge in [-0.25, -0.2) is 4.68 Å². The molecule has 2 fully saturated rings. The van der Waals surface area contributed by atoms with E-state index in [0.717, 1.165) is 42.9 Å². The van der Waals surface area contributed by atoms with Crippen LogP contribution in [-0.4, -0.2) is 61.6 Å². The van der Waals surface area contributed by atoms with Crippen LogP contribution in [0.5, 0.6) is 0 Å². The smallest absolute Gasteiger partial charge is 0.255 e. The van der Waals surface area contributed by atoms with Crippen LogP contribution in [0.4, 0.5) is 0 Å². The van der Waals surface area contributed by atoms with E-state index in [1.54, 1.807) is 10.7 Å². The SMILES string of the molecule is N#CC1CCN(Cc2cn(-c3ccc4c(c3)CN(C3CCC(=O)NC3=O)C4=O)nn2)CC1. The summed E-state index contributed by atoms with van der Waals surface area (Å²) in [5, 5.41) is 19.9. The van der Waals surface area contributed by atoms with Crippen molar-refractivity contribution in [1.82, 2.24) is 30.1 Å². The van der Waals surface area contributed by atoms with Gasteiger partial charge >= 0.3 is 0 Å². The van der Waals surface area contributed by atoms with Crippen LogP contribution in [0.15, 0.2) is 24.4 Å². The van der Waals surface area contributed by atoms with Gasteiger partial charge < -0.3 is 4.90 Å². The number of amides is 3. The molecule has 10 nitrogen and oxygen atoms in total. The summed E-state index contributed by atoms with van der Waals surface area (Å²) in [7, 11) is 0. The fourth-order valence-corrected chi connectivity index (χ4v) is 4.65. The van der Waals surface area contributed by atoms with Gasteiger partial charge in [0.1, 0.15) is 6.04 Å². The fourth-order valence-electron chi connectivity index (χ4n) is 4.65. The minimum Gasteiger partial charge on any atom is -0.322 e. The molecule has 2 saturated heterocycles. The minimum absolute atomic E-state index is 0.149. The summed E-state index contributed by atoms with van der Waals surface area (Å²) in [6, 6.07) is 7.19. The zero-order chi connectivity index (χ0) is 22.2. The molecule has 32 heavy (non-hydrogen) atoms. The highest BCUT2D eigenvalue weighted by Gasteiger charge is 2.39. The number of rotatable bonds is 4. The lowest BCUT2D eigenvalue weighted by Crippen LogP contribution is -2.52. The molecule has 1 unspecified atom stereocenters. The maximum Gasteiger partial charge on any atom is 0.255 e. The van der Waals surface area contributed by atoms with E-state index in [2.05, 4.69) is 26.6 Å². The average Bonchev–Trinajstić information content (AvgIpc) is 3.39. The molecule has 5 rings (SSSR count). The van der Waals surface area contributed by atoms with Crippen LogP contribution in [0.2, 0.25) is 0 Å². The number of aromatic nitrogens is 3. The molecule has 3 amide bonds. The lowest BCUT2D eigenvalue weighted by molar-refractivity contribution is -0.136. The zero-order valence-corrected chi connectivity index (χ0v) is 17.5. The quantitative estimate of drug-likeness (QED) is 0.706. The number of benzene rings is 1. The Labute approximate surface area is 184 Å². The monoisotopic (exact) mass is 433 g/mol. The van der Waals surface area contributed by atoms with E-state index in [4.69, 9.17) is 5.26 Å². The molecule has 0 radical (unpaired) electrons. The van der Waals surface area contributed by atoms with Crippen molar-refractivity contribution in [3.8, 4) is 11.8 Å². The zero-order valence-electron chi connectivity index (χ0n) is 17.5. The predicted octanol–water partition coefficient (Wildman–Crippen LogP) is 0.764. The second-order valence-electron chi connectivity index (χ2n) is 8.58. The topological polar surface area (TPSA) is 124 Å². The van der Waals surface area contributed by atoms with Crippen molar-refractivity contribution in [2.75, 3.05) is 13.1 Å². The van der Waals surface area contributed by atoms with Gasteiger partial charge in [0.25, 0.3) is 5.91 Å². The Hall–Kier alpha value is -3.58. The molecule has 0 spiro atoms. The van der Waals surface area contributed by atoms with Crippen LogP contribution >= 0.6 is 0 Å². The van der Waals surface area contributed by atoms with Gasteiger partial charge in [-0.3, -0.25) is 24.6 Å². The highest BCUT2D eigenvalue weighted by Crippen LogP contribution is 2.29. The Balaban J connectivity index is 1.28. The molecule has 1 atom stereocenters. The molecular formula is C22H23N7O3. The van der Waals surface area contributed by atoms with Crippen LogP contribution in [0.3, 0.4) is 0 Å². The van der Waals surface area contributed by atoms with Crippen LogP contribution < -0.4 is 5.32 Å². The van der Waals surface area contributed by atoms with Gasteiger partial charge in [-0.15, -0.1) is 5.10 Å². The first kappa shape index (κ1) is 20.3. The van der Waals surface area contributed by atoms with E-state index in [0.29, 0.717) is 25.1 Å². The highest BCUT2D eigenvalue weighted by atomic mass is 16.2. The number of imide groups is 1. The third-order valence-electron chi connectivity index (χ3n) is 6.47. The first-order chi connectivity index (χ1) is 15.5. The van der Waals surface area contributed by atoms with Crippen LogP contribution in [0, 0.1) is 17.2 Å². The minimum atomic E-state index is -0.626. The summed E-state index contributed by atoms with van der Waals surface area (Å²) >= 11 is 0. The predicted molar refractivity (Wildman–Crippen MR) is 111 cm³/mol. The summed E-state index contributed by atoms with van der Waals surface area (Å²) in [6.07, 6.45) is 4.22. The van der Waals surface area contributed by atoms with Gasteiger partial charge in [0, 0.05) is 31.0 Å². The number of hydrogen-bond acceptors (Lipinski definition) is 7. The second-order valence-corrected chi connectivity index (χ2v) is 8.58. The number of carbonyl (C=O) groups is 3. The number of hydrogen-bond donors (Lipinski definition) is 1. The Bertz CT molecular complexity index is 1130. The van der Waals surface area contributed by atoms with Crippen molar-refractivity contribution in [2.45, 2.75) is 44.8 Å². The van der Waals surface area contributed by atoms with E-state index >= 15 is 0 Å². The normalized spacial score (nSPS) is 22.0. The van der Waals surface area contributed by atoms with Crippen molar-refractivity contribution in [3.05, 3.63) is 41.2 Å². The molecular weight excluding hydrogens is 410 g/mol. The summed E-state index contributed by atoms with van der Waals surface area (Å²) in [4.78, 5) is 40.3. The van der Waals surface area contributed by atoms with Gasteiger partial charge in [-0.2, -0.15) is 5.26 Å². The number of fused-ring (bicyclic) bond motifs is 1. The molecule has 10 heteroatoms. The summed E-state index contributed by atoms with van der Waals surface area (Å²) in [6.45, 7) is 2.76. The average molecular weight is 433 g/mol. The van der Waals surface area contributed by atoms with Crippen LogP contribution in [-0.2, 0) is 22.7 Å². The van der Waals surface area contributed by atoms with Crippen LogP contribution in [0.1, 0.15) is 47.3 Å². The van der Waals surface area contributed by atoms with Gasteiger partial charge in [-0.05, 0) is 56.1 Å². The van der Waals surface area contributed by atoms with E-state index in [9.17, 15) is 14.4 Å². The van der Waals surface area contributed by atoms with Crippen molar-refractivity contribution in [1.29, 1.82) is 5.26 Å². The molecule has 0 bridgehead atoms. The van der Waals surface area contributed by atoms with E-state index < -0.39 is 11.9 Å². The number of nitriles is 1. The van der Waals surface area contributed by atoms with Crippen molar-refractivity contribution >= 4 is 17.7 Å². The maximum absolute atomic E-state index is 12.8. The van der Waals surface area contributed by atoms with Gasteiger partial charge in [0.2, 0.25) is 11.8 Å². The number of piperidine rings is 2.